The van der Waals surface area contributed by atoms with Crippen LogP contribution in [0, 0.1) is 5.41 Å². The third-order valence-corrected chi connectivity index (χ3v) is 4.98. The first kappa shape index (κ1) is 24.5. The zero-order valence-corrected chi connectivity index (χ0v) is 18.5. The minimum Gasteiger partial charge on any atom is -0.341 e. The Kier molecular flexibility index (Phi) is 10.3. The second-order valence-electron chi connectivity index (χ2n) is 7.59. The molecule has 0 aromatic heterocycles. The van der Waals surface area contributed by atoms with Gasteiger partial charge in [-0.3, -0.25) is 9.59 Å². The van der Waals surface area contributed by atoms with Crippen LogP contribution in [-0.4, -0.2) is 46.5 Å². The van der Waals surface area contributed by atoms with Crippen LogP contribution in [0.1, 0.15) is 53.9 Å². The van der Waals surface area contributed by atoms with Gasteiger partial charge in [-0.15, -0.1) is 11.7 Å². The van der Waals surface area contributed by atoms with Crippen molar-refractivity contribution in [3.8, 4) is 0 Å². The molecule has 9 heteroatoms. The fourth-order valence-electron chi connectivity index (χ4n) is 2.98. The van der Waals surface area contributed by atoms with Crippen LogP contribution in [0.4, 0.5) is 9.59 Å². The summed E-state index contributed by atoms with van der Waals surface area (Å²) in [6.45, 7) is 9.70. The van der Waals surface area contributed by atoms with Crippen LogP contribution in [0.15, 0.2) is 0 Å². The molecule has 0 bridgehead atoms. The van der Waals surface area contributed by atoms with Crippen molar-refractivity contribution in [1.29, 1.82) is 0 Å². The summed E-state index contributed by atoms with van der Waals surface area (Å²) < 4.78 is 0. The number of rotatable bonds is 9. The van der Waals surface area contributed by atoms with Gasteiger partial charge in [-0.05, 0) is 32.1 Å². The molecule has 1 atom stereocenters. The number of nitrogens with one attached hydrogen (secondary N) is 2. The first-order valence-corrected chi connectivity index (χ1v) is 10.7. The lowest BCUT2D eigenvalue weighted by Crippen LogP contribution is -2.50. The molecule has 0 rings (SSSR count). The van der Waals surface area contributed by atoms with Gasteiger partial charge in [0.2, 0.25) is 0 Å². The monoisotopic (exact) mass is 409 g/mol. The number of ketones is 1. The lowest BCUT2D eigenvalue weighted by atomic mass is 9.75. The Hall–Kier alpha value is -0.540. The van der Waals surface area contributed by atoms with Gasteiger partial charge in [-0.1, -0.05) is 20.8 Å². The van der Waals surface area contributed by atoms with E-state index in [0.29, 0.717) is 19.3 Å². The average molecular weight is 410 g/mol. The SMILES string of the molecule is CCC(=O)C(CC(C)(C)CC(C)(C)NC(=O)SS)NC(=O)N(C)CS. The van der Waals surface area contributed by atoms with Crippen molar-refractivity contribution in [2.75, 3.05) is 12.9 Å². The average Bonchev–Trinajstić information content (AvgIpc) is 2.50. The van der Waals surface area contributed by atoms with E-state index in [0.717, 1.165) is 10.8 Å². The molecule has 3 amide bonds. The van der Waals surface area contributed by atoms with Crippen molar-refractivity contribution >= 4 is 52.1 Å². The minimum atomic E-state index is -0.569. The number of carbonyl (C=O) groups is 3. The molecule has 146 valence electrons. The quantitative estimate of drug-likeness (QED) is 0.266. The molecule has 0 radical (unpaired) electrons. The van der Waals surface area contributed by atoms with E-state index >= 15 is 0 Å². The molecule has 6 nitrogen and oxygen atoms in total. The van der Waals surface area contributed by atoms with E-state index in [2.05, 4.69) is 34.9 Å². The van der Waals surface area contributed by atoms with Gasteiger partial charge in [0.25, 0.3) is 5.24 Å². The predicted octanol–water partition coefficient (Wildman–Crippen LogP) is 3.74. The molecule has 0 fully saturated rings. The fourth-order valence-corrected chi connectivity index (χ4v) is 3.57. The van der Waals surface area contributed by atoms with E-state index in [1.54, 1.807) is 14.0 Å². The van der Waals surface area contributed by atoms with Crippen LogP contribution in [0.2, 0.25) is 0 Å². The number of urea groups is 1. The third-order valence-electron chi connectivity index (χ3n) is 3.79. The second kappa shape index (κ2) is 10.6. The zero-order valence-electron chi connectivity index (χ0n) is 15.9. The van der Waals surface area contributed by atoms with Gasteiger partial charge in [-0.25, -0.2) is 4.79 Å². The summed E-state index contributed by atoms with van der Waals surface area (Å²) in [7, 11) is 2.45. The van der Waals surface area contributed by atoms with E-state index in [-0.39, 0.29) is 28.3 Å². The molecule has 0 saturated carbocycles. The highest BCUT2D eigenvalue weighted by Crippen LogP contribution is 2.33. The second-order valence-corrected chi connectivity index (χ2v) is 8.98. The molecular formula is C16H31N3O3S3. The van der Waals surface area contributed by atoms with Crippen molar-refractivity contribution in [2.45, 2.75) is 65.5 Å². The van der Waals surface area contributed by atoms with Gasteiger partial charge < -0.3 is 15.5 Å². The van der Waals surface area contributed by atoms with Crippen LogP contribution >= 0.6 is 35.1 Å². The molecule has 0 heterocycles. The molecule has 0 spiro atoms. The van der Waals surface area contributed by atoms with Crippen molar-refractivity contribution < 1.29 is 14.4 Å². The van der Waals surface area contributed by atoms with E-state index < -0.39 is 11.6 Å². The minimum absolute atomic E-state index is 0.0123. The maximum Gasteiger partial charge on any atom is 0.318 e. The summed E-state index contributed by atoms with van der Waals surface area (Å²) in [5.41, 5.74) is -0.734. The van der Waals surface area contributed by atoms with Crippen LogP contribution < -0.4 is 10.6 Å². The standard InChI is InChI=1S/C16H31N3O3S3/c1-7-12(20)11(17-13(21)19(6)10-23)8-15(2,3)9-16(4,5)18-14(22)25-24/h11,23-24H,7-10H2,1-6H3,(H,17,21)(H,18,22). The number of carbonyl (C=O) groups excluding carboxylic acids is 3. The molecule has 1 unspecified atom stereocenters. The summed E-state index contributed by atoms with van der Waals surface area (Å²) in [5.74, 6) is 0.254. The van der Waals surface area contributed by atoms with Crippen molar-refractivity contribution in [2.24, 2.45) is 5.41 Å². The summed E-state index contributed by atoms with van der Waals surface area (Å²) in [6.07, 6.45) is 1.48. The highest BCUT2D eigenvalue weighted by atomic mass is 33.1. The third kappa shape index (κ3) is 9.65. The Balaban J connectivity index is 5.09. The topological polar surface area (TPSA) is 78.5 Å². The highest BCUT2D eigenvalue weighted by molar-refractivity contribution is 8.74. The maximum absolute atomic E-state index is 12.3. The summed E-state index contributed by atoms with van der Waals surface area (Å²) in [4.78, 5) is 37.4. The van der Waals surface area contributed by atoms with Gasteiger partial charge in [0, 0.05) is 29.8 Å². The lowest BCUT2D eigenvalue weighted by Gasteiger charge is -2.37. The van der Waals surface area contributed by atoms with Crippen LogP contribution in [0.3, 0.4) is 0 Å². The number of amides is 3. The Morgan fingerprint density at radius 3 is 2.20 bits per heavy atom. The number of hydrogen-bond donors (Lipinski definition) is 4. The maximum atomic E-state index is 12.3. The Bertz CT molecular complexity index is 484. The number of Topliss-reactive ketones (excluding diaryl/α,β-unsaturated/α-hetero) is 1. The fraction of sp³-hybridized carbons (Fsp3) is 0.812. The summed E-state index contributed by atoms with van der Waals surface area (Å²) in [6, 6.07) is -0.891. The molecule has 2 N–H and O–H groups in total. The molecule has 0 aliphatic rings. The zero-order chi connectivity index (χ0) is 19.8. The van der Waals surface area contributed by atoms with Crippen molar-refractivity contribution in [3.63, 3.8) is 0 Å². The van der Waals surface area contributed by atoms with E-state index in [1.165, 1.54) is 4.90 Å². The van der Waals surface area contributed by atoms with Gasteiger partial charge >= 0.3 is 6.03 Å². The number of nitrogens with zero attached hydrogens (tertiary/aromatic N) is 1. The van der Waals surface area contributed by atoms with Crippen molar-refractivity contribution in [1.82, 2.24) is 15.5 Å². The molecule has 25 heavy (non-hydrogen) atoms. The molecule has 0 aliphatic carbocycles. The normalized spacial score (nSPS) is 13.1. The summed E-state index contributed by atoms with van der Waals surface area (Å²) >= 11 is 7.97. The molecule has 0 aromatic carbocycles. The molecule has 0 aromatic rings. The van der Waals surface area contributed by atoms with Crippen LogP contribution in [0.5, 0.6) is 0 Å². The first-order valence-electron chi connectivity index (χ1n) is 8.16. The van der Waals surface area contributed by atoms with E-state index in [4.69, 9.17) is 0 Å². The highest BCUT2D eigenvalue weighted by Gasteiger charge is 2.34. The van der Waals surface area contributed by atoms with E-state index in [9.17, 15) is 14.4 Å². The van der Waals surface area contributed by atoms with Gasteiger partial charge in [0.1, 0.15) is 0 Å². The first-order chi connectivity index (χ1) is 11.4. The van der Waals surface area contributed by atoms with Crippen LogP contribution in [-0.2, 0) is 4.79 Å². The van der Waals surface area contributed by atoms with E-state index in [1.807, 2.05) is 27.7 Å². The summed E-state index contributed by atoms with van der Waals surface area (Å²) in [5, 5.41) is 5.49. The lowest BCUT2D eigenvalue weighted by molar-refractivity contribution is -0.121. The molecular weight excluding hydrogens is 378 g/mol. The Morgan fingerprint density at radius 2 is 1.76 bits per heavy atom. The van der Waals surface area contributed by atoms with Crippen molar-refractivity contribution in [3.05, 3.63) is 0 Å². The van der Waals surface area contributed by atoms with Crippen LogP contribution in [0.25, 0.3) is 0 Å². The molecule has 0 saturated heterocycles. The largest absolute Gasteiger partial charge is 0.341 e. The van der Waals surface area contributed by atoms with Gasteiger partial charge in [0.15, 0.2) is 5.78 Å². The smallest absolute Gasteiger partial charge is 0.318 e. The Morgan fingerprint density at radius 1 is 1.20 bits per heavy atom. The number of hydrogen-bond acceptors (Lipinski definition) is 6. The molecule has 0 aliphatic heterocycles. The Labute approximate surface area is 165 Å². The predicted molar refractivity (Wildman–Crippen MR) is 111 cm³/mol. The number of thiol groups is 2. The van der Waals surface area contributed by atoms with Gasteiger partial charge in [0.05, 0.1) is 11.9 Å². The van der Waals surface area contributed by atoms with Gasteiger partial charge in [-0.2, -0.15) is 12.6 Å².